The molecule has 1 N–H and O–H groups in total. The van der Waals surface area contributed by atoms with Crippen LogP contribution in [0.25, 0.3) is 21.9 Å². The van der Waals surface area contributed by atoms with E-state index in [0.29, 0.717) is 6.04 Å². The van der Waals surface area contributed by atoms with E-state index in [1.807, 2.05) is 12.5 Å². The number of hydrogen-bond acceptors (Lipinski definition) is 3. The number of aryl methyl sites for hydroxylation is 1. The van der Waals surface area contributed by atoms with Gasteiger partial charge in [0.25, 0.3) is 0 Å². The first-order valence-electron chi connectivity index (χ1n) is 6.75. The molecule has 1 unspecified atom stereocenters. The highest BCUT2D eigenvalue weighted by Gasteiger charge is 2.19. The van der Waals surface area contributed by atoms with Crippen LogP contribution in [0.15, 0.2) is 30.7 Å². The molecule has 3 aromatic rings. The SMILES string of the molecule is Cc1ccc2ncc3ncn(C4CCNC4)c3c2c1. The van der Waals surface area contributed by atoms with Crippen LogP contribution < -0.4 is 5.32 Å². The molecule has 1 aliphatic heterocycles. The van der Waals surface area contributed by atoms with Crippen molar-refractivity contribution in [2.45, 2.75) is 19.4 Å². The minimum Gasteiger partial charge on any atom is -0.326 e. The lowest BCUT2D eigenvalue weighted by atomic mass is 10.1. The molecule has 0 aliphatic carbocycles. The third kappa shape index (κ3) is 1.64. The van der Waals surface area contributed by atoms with Crippen molar-refractivity contribution in [2.24, 2.45) is 0 Å². The summed E-state index contributed by atoms with van der Waals surface area (Å²) in [5, 5.41) is 4.63. The van der Waals surface area contributed by atoms with E-state index in [1.54, 1.807) is 0 Å². The topological polar surface area (TPSA) is 42.7 Å². The molecule has 4 nitrogen and oxygen atoms in total. The zero-order chi connectivity index (χ0) is 12.8. The highest BCUT2D eigenvalue weighted by Crippen LogP contribution is 2.28. The Morgan fingerprint density at radius 1 is 1.26 bits per heavy atom. The summed E-state index contributed by atoms with van der Waals surface area (Å²) in [4.78, 5) is 9.01. The molecule has 1 saturated heterocycles. The van der Waals surface area contributed by atoms with E-state index in [4.69, 9.17) is 0 Å². The number of nitrogens with one attached hydrogen (secondary N) is 1. The van der Waals surface area contributed by atoms with Gasteiger partial charge in [-0.15, -0.1) is 0 Å². The number of hydrogen-bond donors (Lipinski definition) is 1. The van der Waals surface area contributed by atoms with Crippen LogP contribution in [0.2, 0.25) is 0 Å². The Bertz CT molecular complexity index is 753. The van der Waals surface area contributed by atoms with Gasteiger partial charge in [0.1, 0.15) is 5.52 Å². The first-order valence-corrected chi connectivity index (χ1v) is 6.75. The van der Waals surface area contributed by atoms with Gasteiger partial charge in [0.2, 0.25) is 0 Å². The van der Waals surface area contributed by atoms with Gasteiger partial charge in [-0.3, -0.25) is 4.98 Å². The second kappa shape index (κ2) is 4.03. The molecule has 0 bridgehead atoms. The van der Waals surface area contributed by atoms with Crippen molar-refractivity contribution >= 4 is 21.9 Å². The summed E-state index contributed by atoms with van der Waals surface area (Å²) < 4.78 is 2.32. The summed E-state index contributed by atoms with van der Waals surface area (Å²) in [5.41, 5.74) is 4.53. The largest absolute Gasteiger partial charge is 0.326 e. The second-order valence-electron chi connectivity index (χ2n) is 5.31. The number of pyridine rings is 1. The molecule has 4 rings (SSSR count). The highest BCUT2D eigenvalue weighted by atomic mass is 15.1. The maximum absolute atomic E-state index is 4.52. The summed E-state index contributed by atoms with van der Waals surface area (Å²) in [6.07, 6.45) is 5.01. The fourth-order valence-electron chi connectivity index (χ4n) is 2.98. The molecular weight excluding hydrogens is 236 g/mol. The van der Waals surface area contributed by atoms with E-state index in [0.717, 1.165) is 24.1 Å². The van der Waals surface area contributed by atoms with Crippen molar-refractivity contribution in [3.05, 3.63) is 36.3 Å². The molecule has 1 aliphatic rings. The highest BCUT2D eigenvalue weighted by molar-refractivity contribution is 6.02. The summed E-state index contributed by atoms with van der Waals surface area (Å²) in [5.74, 6) is 0. The lowest BCUT2D eigenvalue weighted by Gasteiger charge is -2.13. The van der Waals surface area contributed by atoms with Gasteiger partial charge in [0, 0.05) is 18.0 Å². The maximum atomic E-state index is 4.52. The molecule has 96 valence electrons. The van der Waals surface area contributed by atoms with E-state index in [-0.39, 0.29) is 0 Å². The number of aromatic nitrogens is 3. The maximum Gasteiger partial charge on any atom is 0.107 e. The zero-order valence-electron chi connectivity index (χ0n) is 10.9. The normalized spacial score (nSPS) is 19.5. The van der Waals surface area contributed by atoms with Crippen LogP contribution >= 0.6 is 0 Å². The monoisotopic (exact) mass is 252 g/mol. The van der Waals surface area contributed by atoms with Crippen molar-refractivity contribution in [3.63, 3.8) is 0 Å². The van der Waals surface area contributed by atoms with Gasteiger partial charge >= 0.3 is 0 Å². The van der Waals surface area contributed by atoms with Crippen molar-refractivity contribution < 1.29 is 0 Å². The third-order valence-corrected chi connectivity index (χ3v) is 3.98. The van der Waals surface area contributed by atoms with Gasteiger partial charge in [-0.25, -0.2) is 4.98 Å². The molecule has 1 aromatic carbocycles. The summed E-state index contributed by atoms with van der Waals surface area (Å²) in [7, 11) is 0. The predicted octanol–water partition coefficient (Wildman–Crippen LogP) is 2.43. The van der Waals surface area contributed by atoms with E-state index < -0.39 is 0 Å². The zero-order valence-corrected chi connectivity index (χ0v) is 10.9. The van der Waals surface area contributed by atoms with Crippen LogP contribution in [-0.2, 0) is 0 Å². The molecule has 0 radical (unpaired) electrons. The average molecular weight is 252 g/mol. The molecule has 0 spiro atoms. The summed E-state index contributed by atoms with van der Waals surface area (Å²) in [6.45, 7) is 4.24. The standard InChI is InChI=1S/C15H16N4/c1-10-2-3-13-12(6-10)15-14(8-17-13)18-9-19(15)11-4-5-16-7-11/h2-3,6,8-9,11,16H,4-5,7H2,1H3. The van der Waals surface area contributed by atoms with Gasteiger partial charge in [0.05, 0.1) is 23.6 Å². The Morgan fingerprint density at radius 3 is 3.05 bits per heavy atom. The second-order valence-corrected chi connectivity index (χ2v) is 5.31. The molecule has 0 amide bonds. The Labute approximate surface area is 111 Å². The van der Waals surface area contributed by atoms with Crippen LogP contribution in [0, 0.1) is 6.92 Å². The fraction of sp³-hybridized carbons (Fsp3) is 0.333. The molecular formula is C15H16N4. The van der Waals surface area contributed by atoms with Gasteiger partial charge in [0.15, 0.2) is 0 Å². The smallest absolute Gasteiger partial charge is 0.107 e. The molecule has 19 heavy (non-hydrogen) atoms. The number of rotatable bonds is 1. The number of imidazole rings is 1. The summed E-state index contributed by atoms with van der Waals surface area (Å²) >= 11 is 0. The van der Waals surface area contributed by atoms with Crippen LogP contribution in [0.5, 0.6) is 0 Å². The Kier molecular flexibility index (Phi) is 2.32. The molecule has 1 atom stereocenters. The van der Waals surface area contributed by atoms with Gasteiger partial charge < -0.3 is 9.88 Å². The first-order chi connectivity index (χ1) is 9.33. The minimum absolute atomic E-state index is 0.510. The van der Waals surface area contributed by atoms with Crippen LogP contribution in [0.1, 0.15) is 18.0 Å². The van der Waals surface area contributed by atoms with Crippen molar-refractivity contribution in [3.8, 4) is 0 Å². The van der Waals surface area contributed by atoms with E-state index in [2.05, 4.69) is 45.0 Å². The lowest BCUT2D eigenvalue weighted by molar-refractivity contribution is 0.562. The summed E-state index contributed by atoms with van der Waals surface area (Å²) in [6, 6.07) is 6.93. The van der Waals surface area contributed by atoms with Crippen molar-refractivity contribution in [2.75, 3.05) is 13.1 Å². The van der Waals surface area contributed by atoms with E-state index >= 15 is 0 Å². The fourth-order valence-corrected chi connectivity index (χ4v) is 2.98. The quantitative estimate of drug-likeness (QED) is 0.723. The van der Waals surface area contributed by atoms with Gasteiger partial charge in [-0.05, 0) is 32.0 Å². The van der Waals surface area contributed by atoms with Crippen LogP contribution in [0.4, 0.5) is 0 Å². The first kappa shape index (κ1) is 10.9. The van der Waals surface area contributed by atoms with Crippen molar-refractivity contribution in [1.29, 1.82) is 0 Å². The molecule has 4 heteroatoms. The van der Waals surface area contributed by atoms with Crippen LogP contribution in [0.3, 0.4) is 0 Å². The molecule has 3 heterocycles. The molecule has 2 aromatic heterocycles. The van der Waals surface area contributed by atoms with Gasteiger partial charge in [-0.1, -0.05) is 11.6 Å². The van der Waals surface area contributed by atoms with E-state index in [9.17, 15) is 0 Å². The molecule has 1 fully saturated rings. The third-order valence-electron chi connectivity index (χ3n) is 3.98. The Hall–Kier alpha value is -1.94. The van der Waals surface area contributed by atoms with Gasteiger partial charge in [-0.2, -0.15) is 0 Å². The lowest BCUT2D eigenvalue weighted by Crippen LogP contribution is -2.12. The Balaban J connectivity index is 2.06. The number of fused-ring (bicyclic) bond motifs is 3. The minimum atomic E-state index is 0.510. The van der Waals surface area contributed by atoms with Crippen molar-refractivity contribution in [1.82, 2.24) is 19.9 Å². The predicted molar refractivity (Wildman–Crippen MR) is 76.3 cm³/mol. The average Bonchev–Trinajstić information content (AvgIpc) is 3.07. The number of benzene rings is 1. The molecule has 0 saturated carbocycles. The van der Waals surface area contributed by atoms with E-state index in [1.165, 1.54) is 22.9 Å². The Morgan fingerprint density at radius 2 is 2.21 bits per heavy atom. The van der Waals surface area contributed by atoms with Crippen LogP contribution in [-0.4, -0.2) is 27.6 Å². The number of nitrogens with zero attached hydrogens (tertiary/aromatic N) is 3.